The summed E-state index contributed by atoms with van der Waals surface area (Å²) in [5.74, 6) is 0.0684. The highest BCUT2D eigenvalue weighted by Crippen LogP contribution is 2.22. The minimum Gasteiger partial charge on any atom is -0.365 e. The molecule has 0 unspecified atom stereocenters. The number of anilines is 1. The summed E-state index contributed by atoms with van der Waals surface area (Å²) in [6.45, 7) is 3.35. The number of hydrogen-bond donors (Lipinski definition) is 1. The lowest BCUT2D eigenvalue weighted by atomic mass is 10.0. The van der Waals surface area contributed by atoms with Gasteiger partial charge in [-0.1, -0.05) is 18.2 Å². The van der Waals surface area contributed by atoms with Crippen molar-refractivity contribution in [3.8, 4) is 0 Å². The monoisotopic (exact) mass is 327 g/mol. The Kier molecular flexibility index (Phi) is 5.93. The number of nitrogens with zero attached hydrogens (tertiary/aromatic N) is 2. The fourth-order valence-electron chi connectivity index (χ4n) is 2.47. The first-order chi connectivity index (χ1) is 11.4. The van der Waals surface area contributed by atoms with Crippen LogP contribution >= 0.6 is 0 Å². The molecule has 5 heteroatoms. The first-order valence-corrected chi connectivity index (χ1v) is 8.04. The molecule has 0 atom stereocenters. The Bertz CT molecular complexity index is 740. The van der Waals surface area contributed by atoms with Gasteiger partial charge in [0.15, 0.2) is 5.78 Å². The fourth-order valence-corrected chi connectivity index (χ4v) is 2.47. The number of carbonyl (C=O) groups excluding carboxylic acids is 2. The summed E-state index contributed by atoms with van der Waals surface area (Å²) < 4.78 is 0. The SMILES string of the molecule is CC(=O)c1ccc2cc(N(C)CC(=O)NCCN(C)C)ccc2c1. The van der Waals surface area contributed by atoms with E-state index in [0.717, 1.165) is 23.0 Å². The topological polar surface area (TPSA) is 52.7 Å². The van der Waals surface area contributed by atoms with Crippen molar-refractivity contribution < 1.29 is 9.59 Å². The largest absolute Gasteiger partial charge is 0.365 e. The van der Waals surface area contributed by atoms with Gasteiger partial charge < -0.3 is 15.1 Å². The molecule has 2 aromatic carbocycles. The van der Waals surface area contributed by atoms with E-state index in [2.05, 4.69) is 5.32 Å². The van der Waals surface area contributed by atoms with Crippen molar-refractivity contribution >= 4 is 28.2 Å². The molecule has 0 aliphatic heterocycles. The molecule has 0 radical (unpaired) electrons. The first-order valence-electron chi connectivity index (χ1n) is 8.04. The van der Waals surface area contributed by atoms with Gasteiger partial charge in [0.25, 0.3) is 0 Å². The third kappa shape index (κ3) is 4.80. The summed E-state index contributed by atoms with van der Waals surface area (Å²) in [6.07, 6.45) is 0. The third-order valence-corrected chi connectivity index (χ3v) is 3.93. The lowest BCUT2D eigenvalue weighted by Gasteiger charge is -2.20. The third-order valence-electron chi connectivity index (χ3n) is 3.93. The second kappa shape index (κ2) is 7.93. The highest BCUT2D eigenvalue weighted by Gasteiger charge is 2.08. The van der Waals surface area contributed by atoms with Gasteiger partial charge in [-0.05, 0) is 50.0 Å². The number of rotatable bonds is 7. The number of amides is 1. The van der Waals surface area contributed by atoms with Crippen molar-refractivity contribution in [2.75, 3.05) is 45.7 Å². The Hall–Kier alpha value is -2.40. The fraction of sp³-hybridized carbons (Fsp3) is 0.368. The summed E-state index contributed by atoms with van der Waals surface area (Å²) in [4.78, 5) is 27.4. The maximum Gasteiger partial charge on any atom is 0.239 e. The molecule has 0 saturated heterocycles. The van der Waals surface area contributed by atoms with Crippen molar-refractivity contribution in [2.24, 2.45) is 0 Å². The first kappa shape index (κ1) is 17.9. The van der Waals surface area contributed by atoms with Crippen molar-refractivity contribution in [3.63, 3.8) is 0 Å². The van der Waals surface area contributed by atoms with E-state index >= 15 is 0 Å². The number of carbonyl (C=O) groups is 2. The number of benzene rings is 2. The van der Waals surface area contributed by atoms with Crippen molar-refractivity contribution in [1.29, 1.82) is 0 Å². The van der Waals surface area contributed by atoms with Gasteiger partial charge in [-0.25, -0.2) is 0 Å². The number of ketones is 1. The molecule has 0 aromatic heterocycles. The molecule has 0 heterocycles. The Balaban J connectivity index is 2.04. The Morgan fingerprint density at radius 3 is 2.33 bits per heavy atom. The van der Waals surface area contributed by atoms with Crippen LogP contribution in [0, 0.1) is 0 Å². The van der Waals surface area contributed by atoms with Crippen molar-refractivity contribution in [3.05, 3.63) is 42.0 Å². The summed E-state index contributed by atoms with van der Waals surface area (Å²) >= 11 is 0. The molecule has 0 saturated carbocycles. The molecular weight excluding hydrogens is 302 g/mol. The highest BCUT2D eigenvalue weighted by atomic mass is 16.2. The van der Waals surface area contributed by atoms with Crippen LogP contribution in [-0.2, 0) is 4.79 Å². The van der Waals surface area contributed by atoms with Crippen LogP contribution in [-0.4, -0.2) is 57.4 Å². The number of nitrogens with one attached hydrogen (secondary N) is 1. The van der Waals surface area contributed by atoms with Crippen LogP contribution in [0.3, 0.4) is 0 Å². The lowest BCUT2D eigenvalue weighted by molar-refractivity contribution is -0.119. The molecule has 2 rings (SSSR count). The molecule has 0 spiro atoms. The van der Waals surface area contributed by atoms with E-state index < -0.39 is 0 Å². The van der Waals surface area contributed by atoms with Crippen LogP contribution in [0.25, 0.3) is 10.8 Å². The zero-order chi connectivity index (χ0) is 17.7. The molecule has 24 heavy (non-hydrogen) atoms. The average molecular weight is 327 g/mol. The van der Waals surface area contributed by atoms with Gasteiger partial charge in [0.2, 0.25) is 5.91 Å². The molecule has 128 valence electrons. The summed E-state index contributed by atoms with van der Waals surface area (Å²) in [7, 11) is 5.85. The van der Waals surface area contributed by atoms with Gasteiger partial charge in [0.05, 0.1) is 6.54 Å². The predicted octanol–water partition coefficient (Wildman–Crippen LogP) is 2.16. The van der Waals surface area contributed by atoms with Crippen LogP contribution < -0.4 is 10.2 Å². The molecule has 2 aromatic rings. The Labute approximate surface area is 143 Å². The standard InChI is InChI=1S/C19H25N3O2/c1-14(23)15-5-6-17-12-18(8-7-16(17)11-15)22(4)13-19(24)20-9-10-21(2)3/h5-8,11-12H,9-10,13H2,1-4H3,(H,20,24). The minimum atomic E-state index is 0.00590. The van der Waals surface area contributed by atoms with E-state index in [1.54, 1.807) is 6.92 Å². The average Bonchev–Trinajstić information content (AvgIpc) is 2.53. The van der Waals surface area contributed by atoms with Gasteiger partial charge in [0.1, 0.15) is 0 Å². The van der Waals surface area contributed by atoms with Gasteiger partial charge in [0, 0.05) is 31.4 Å². The normalized spacial score (nSPS) is 10.9. The molecule has 1 amide bonds. The van der Waals surface area contributed by atoms with Crippen LogP contribution in [0.15, 0.2) is 36.4 Å². The van der Waals surface area contributed by atoms with E-state index in [0.29, 0.717) is 18.7 Å². The molecule has 0 fully saturated rings. The zero-order valence-electron chi connectivity index (χ0n) is 14.8. The minimum absolute atomic E-state index is 0.00590. The van der Waals surface area contributed by atoms with Crippen LogP contribution in [0.2, 0.25) is 0 Å². The zero-order valence-corrected chi connectivity index (χ0v) is 14.8. The van der Waals surface area contributed by atoms with E-state index in [1.165, 1.54) is 0 Å². The second-order valence-corrected chi connectivity index (χ2v) is 6.31. The molecule has 0 aliphatic carbocycles. The van der Waals surface area contributed by atoms with E-state index in [4.69, 9.17) is 0 Å². The van der Waals surface area contributed by atoms with E-state index in [-0.39, 0.29) is 11.7 Å². The molecule has 1 N–H and O–H groups in total. The van der Waals surface area contributed by atoms with Gasteiger partial charge in [-0.15, -0.1) is 0 Å². The lowest BCUT2D eigenvalue weighted by Crippen LogP contribution is -2.38. The predicted molar refractivity (Wildman–Crippen MR) is 98.8 cm³/mol. The van der Waals surface area contributed by atoms with Crippen molar-refractivity contribution in [1.82, 2.24) is 10.2 Å². The molecule has 0 aliphatic rings. The summed E-state index contributed by atoms with van der Waals surface area (Å²) in [5, 5.41) is 4.99. The molecule has 0 bridgehead atoms. The van der Waals surface area contributed by atoms with Crippen LogP contribution in [0.1, 0.15) is 17.3 Å². The second-order valence-electron chi connectivity index (χ2n) is 6.31. The van der Waals surface area contributed by atoms with E-state index in [9.17, 15) is 9.59 Å². The van der Waals surface area contributed by atoms with Crippen LogP contribution in [0.4, 0.5) is 5.69 Å². The van der Waals surface area contributed by atoms with Gasteiger partial charge in [-0.3, -0.25) is 9.59 Å². The Morgan fingerprint density at radius 2 is 1.67 bits per heavy atom. The van der Waals surface area contributed by atoms with Gasteiger partial charge >= 0.3 is 0 Å². The number of fused-ring (bicyclic) bond motifs is 1. The highest BCUT2D eigenvalue weighted by molar-refractivity contribution is 5.99. The molecular formula is C19H25N3O2. The maximum absolute atomic E-state index is 12.0. The Morgan fingerprint density at radius 1 is 1.00 bits per heavy atom. The quantitative estimate of drug-likeness (QED) is 0.792. The van der Waals surface area contributed by atoms with Crippen LogP contribution in [0.5, 0.6) is 0 Å². The number of Topliss-reactive ketones (excluding diaryl/α,β-unsaturated/α-hetero) is 1. The summed E-state index contributed by atoms with van der Waals surface area (Å²) in [5.41, 5.74) is 1.68. The van der Waals surface area contributed by atoms with Crippen molar-refractivity contribution in [2.45, 2.75) is 6.92 Å². The number of likely N-dealkylation sites (N-methyl/N-ethyl adjacent to an activating group) is 2. The smallest absolute Gasteiger partial charge is 0.239 e. The number of hydrogen-bond acceptors (Lipinski definition) is 4. The molecule has 5 nitrogen and oxygen atoms in total. The maximum atomic E-state index is 12.0. The van der Waals surface area contributed by atoms with E-state index in [1.807, 2.05) is 67.3 Å². The van der Waals surface area contributed by atoms with Gasteiger partial charge in [-0.2, -0.15) is 0 Å². The summed E-state index contributed by atoms with van der Waals surface area (Å²) in [6, 6.07) is 11.7.